The predicted molar refractivity (Wildman–Crippen MR) is 82.8 cm³/mol. The lowest BCUT2D eigenvalue weighted by molar-refractivity contribution is 0.0993. The fourth-order valence-electron chi connectivity index (χ4n) is 2.69. The fourth-order valence-corrected chi connectivity index (χ4v) is 2.69. The van der Waals surface area contributed by atoms with Gasteiger partial charge in [0.1, 0.15) is 0 Å². The maximum absolute atomic E-state index is 12.3. The van der Waals surface area contributed by atoms with Crippen molar-refractivity contribution in [2.24, 2.45) is 0 Å². The van der Waals surface area contributed by atoms with E-state index in [4.69, 9.17) is 4.65 Å². The van der Waals surface area contributed by atoms with Crippen LogP contribution in [0, 0.1) is 6.92 Å². The van der Waals surface area contributed by atoms with Crippen molar-refractivity contribution in [3.05, 3.63) is 64.7 Å². The molecular formula is C17H17BO3. The second-order valence-electron chi connectivity index (χ2n) is 5.56. The first-order chi connectivity index (χ1) is 10.0. The van der Waals surface area contributed by atoms with E-state index in [1.54, 1.807) is 0 Å². The maximum Gasteiger partial charge on any atom is 0.491 e. The molecule has 1 N–H and O–H groups in total. The molecule has 0 radical (unpaired) electrons. The van der Waals surface area contributed by atoms with Crippen molar-refractivity contribution in [1.82, 2.24) is 0 Å². The summed E-state index contributed by atoms with van der Waals surface area (Å²) in [5, 5.41) is 9.85. The van der Waals surface area contributed by atoms with Gasteiger partial charge in [0, 0.05) is 12.0 Å². The Labute approximate surface area is 124 Å². The molecule has 0 saturated heterocycles. The fraction of sp³-hybridized carbons (Fsp3) is 0.235. The third kappa shape index (κ3) is 2.78. The van der Waals surface area contributed by atoms with Crippen molar-refractivity contribution >= 4 is 18.4 Å². The number of Topliss-reactive ketones (excluding diaryl/α,β-unsaturated/α-hetero) is 1. The summed E-state index contributed by atoms with van der Waals surface area (Å²) < 4.78 is 5.36. The quantitative estimate of drug-likeness (QED) is 0.692. The summed E-state index contributed by atoms with van der Waals surface area (Å²) in [4.78, 5) is 12.3. The lowest BCUT2D eigenvalue weighted by Gasteiger charge is -2.06. The van der Waals surface area contributed by atoms with Crippen LogP contribution in [0.5, 0.6) is 0 Å². The first kappa shape index (κ1) is 14.0. The zero-order chi connectivity index (χ0) is 15.0. The molecule has 1 unspecified atom stereocenters. The summed E-state index contributed by atoms with van der Waals surface area (Å²) in [6.45, 7) is 3.91. The molecule has 1 heterocycles. The summed E-state index contributed by atoms with van der Waals surface area (Å²) in [5.74, 6) is 0.0800. The van der Waals surface area contributed by atoms with Gasteiger partial charge in [-0.1, -0.05) is 48.0 Å². The standard InChI is InChI=1S/C17H17BO3/c1-11-3-6-14(7-4-11)17(19)10-13-5-8-15-12(2)21-18(20)16(15)9-13/h3-9,12,20H,10H2,1-2H3. The van der Waals surface area contributed by atoms with Gasteiger partial charge in [-0.2, -0.15) is 0 Å². The van der Waals surface area contributed by atoms with Crippen molar-refractivity contribution in [3.63, 3.8) is 0 Å². The summed E-state index contributed by atoms with van der Waals surface area (Å²) in [6.07, 6.45) is 0.231. The Morgan fingerprint density at radius 3 is 2.67 bits per heavy atom. The molecule has 3 nitrogen and oxygen atoms in total. The highest BCUT2D eigenvalue weighted by molar-refractivity contribution is 6.61. The second kappa shape index (κ2) is 5.47. The number of benzene rings is 2. The van der Waals surface area contributed by atoms with Gasteiger partial charge >= 0.3 is 7.12 Å². The molecule has 0 spiro atoms. The van der Waals surface area contributed by atoms with Gasteiger partial charge in [0.15, 0.2) is 5.78 Å². The number of ketones is 1. The van der Waals surface area contributed by atoms with Crippen LogP contribution in [0.25, 0.3) is 0 Å². The van der Waals surface area contributed by atoms with Crippen LogP contribution in [0.2, 0.25) is 0 Å². The molecule has 1 aliphatic rings. The average molecular weight is 280 g/mol. The zero-order valence-electron chi connectivity index (χ0n) is 12.2. The van der Waals surface area contributed by atoms with Crippen LogP contribution in [-0.4, -0.2) is 17.9 Å². The monoisotopic (exact) mass is 280 g/mol. The highest BCUT2D eigenvalue weighted by Gasteiger charge is 2.32. The van der Waals surface area contributed by atoms with E-state index in [1.807, 2.05) is 56.3 Å². The second-order valence-corrected chi connectivity index (χ2v) is 5.56. The Morgan fingerprint density at radius 2 is 1.95 bits per heavy atom. The molecule has 106 valence electrons. The molecule has 0 amide bonds. The molecule has 4 heteroatoms. The molecule has 1 aliphatic heterocycles. The third-order valence-corrected chi connectivity index (χ3v) is 3.93. The van der Waals surface area contributed by atoms with Gasteiger partial charge in [0.25, 0.3) is 0 Å². The minimum absolute atomic E-state index is 0.0800. The van der Waals surface area contributed by atoms with Gasteiger partial charge in [-0.15, -0.1) is 0 Å². The number of carbonyl (C=O) groups is 1. The number of fused-ring (bicyclic) bond motifs is 1. The normalized spacial score (nSPS) is 16.9. The summed E-state index contributed by atoms with van der Waals surface area (Å²) in [6, 6.07) is 13.3. The van der Waals surface area contributed by atoms with Crippen LogP contribution in [0.1, 0.15) is 40.1 Å². The van der Waals surface area contributed by atoms with Gasteiger partial charge in [-0.05, 0) is 30.4 Å². The zero-order valence-corrected chi connectivity index (χ0v) is 12.2. The average Bonchev–Trinajstić information content (AvgIpc) is 2.74. The van der Waals surface area contributed by atoms with Crippen molar-refractivity contribution < 1.29 is 14.5 Å². The highest BCUT2D eigenvalue weighted by Crippen LogP contribution is 2.23. The van der Waals surface area contributed by atoms with E-state index in [1.165, 1.54) is 0 Å². The van der Waals surface area contributed by atoms with Crippen LogP contribution in [0.3, 0.4) is 0 Å². The minimum atomic E-state index is -0.885. The van der Waals surface area contributed by atoms with Gasteiger partial charge in [-0.25, -0.2) is 0 Å². The third-order valence-electron chi connectivity index (χ3n) is 3.93. The van der Waals surface area contributed by atoms with Crippen LogP contribution in [0.4, 0.5) is 0 Å². The first-order valence-electron chi connectivity index (χ1n) is 7.10. The smallest absolute Gasteiger partial charge is 0.423 e. The molecular weight excluding hydrogens is 263 g/mol. The van der Waals surface area contributed by atoms with Gasteiger partial charge in [0.05, 0.1) is 6.10 Å². The van der Waals surface area contributed by atoms with Crippen LogP contribution in [0.15, 0.2) is 42.5 Å². The molecule has 0 aromatic heterocycles. The predicted octanol–water partition coefficient (Wildman–Crippen LogP) is 2.20. The van der Waals surface area contributed by atoms with E-state index in [-0.39, 0.29) is 11.9 Å². The number of hydrogen-bond acceptors (Lipinski definition) is 3. The molecule has 3 rings (SSSR count). The Bertz CT molecular complexity index is 679. The van der Waals surface area contributed by atoms with E-state index in [9.17, 15) is 9.82 Å². The molecule has 0 fully saturated rings. The SMILES string of the molecule is Cc1ccc(C(=O)Cc2ccc3c(c2)B(O)OC3C)cc1. The highest BCUT2D eigenvalue weighted by atomic mass is 16.5. The van der Waals surface area contributed by atoms with Crippen molar-refractivity contribution in [2.75, 3.05) is 0 Å². The Morgan fingerprint density at radius 1 is 1.24 bits per heavy atom. The summed E-state index contributed by atoms with van der Waals surface area (Å²) in [5.41, 5.74) is 4.52. The maximum atomic E-state index is 12.3. The molecule has 1 atom stereocenters. The lowest BCUT2D eigenvalue weighted by Crippen LogP contribution is -2.28. The largest absolute Gasteiger partial charge is 0.491 e. The van der Waals surface area contributed by atoms with E-state index in [0.717, 1.165) is 22.2 Å². The van der Waals surface area contributed by atoms with Crippen molar-refractivity contribution in [3.8, 4) is 0 Å². The Hall–Kier alpha value is -1.91. The summed E-state index contributed by atoms with van der Waals surface area (Å²) in [7, 11) is -0.885. The number of rotatable bonds is 3. The molecule has 21 heavy (non-hydrogen) atoms. The van der Waals surface area contributed by atoms with Crippen molar-refractivity contribution in [2.45, 2.75) is 26.4 Å². The van der Waals surface area contributed by atoms with Crippen LogP contribution < -0.4 is 5.46 Å². The Balaban J connectivity index is 1.81. The molecule has 0 saturated carbocycles. The van der Waals surface area contributed by atoms with Gasteiger partial charge in [-0.3, -0.25) is 4.79 Å². The number of carbonyl (C=O) groups excluding carboxylic acids is 1. The summed E-state index contributed by atoms with van der Waals surface area (Å²) >= 11 is 0. The van der Waals surface area contributed by atoms with E-state index >= 15 is 0 Å². The Kier molecular flexibility index (Phi) is 3.66. The van der Waals surface area contributed by atoms with E-state index in [0.29, 0.717) is 12.0 Å². The molecule has 2 aromatic rings. The number of aryl methyl sites for hydroxylation is 1. The van der Waals surface area contributed by atoms with Gasteiger partial charge in [0.2, 0.25) is 0 Å². The van der Waals surface area contributed by atoms with Crippen molar-refractivity contribution in [1.29, 1.82) is 0 Å². The minimum Gasteiger partial charge on any atom is -0.423 e. The molecule has 2 aromatic carbocycles. The topological polar surface area (TPSA) is 46.5 Å². The lowest BCUT2D eigenvalue weighted by atomic mass is 9.78. The van der Waals surface area contributed by atoms with Crippen LogP contribution >= 0.6 is 0 Å². The molecule has 0 bridgehead atoms. The molecule has 0 aliphatic carbocycles. The van der Waals surface area contributed by atoms with Crippen LogP contribution in [-0.2, 0) is 11.1 Å². The first-order valence-corrected chi connectivity index (χ1v) is 7.10. The van der Waals surface area contributed by atoms with E-state index in [2.05, 4.69) is 0 Å². The number of hydrogen-bond donors (Lipinski definition) is 1. The van der Waals surface area contributed by atoms with Gasteiger partial charge < -0.3 is 9.68 Å². The van der Waals surface area contributed by atoms with E-state index < -0.39 is 7.12 Å².